The van der Waals surface area contributed by atoms with Crippen LogP contribution in [0.4, 0.5) is 21.5 Å². The maximum Gasteiger partial charge on any atom is 0.123 e. The lowest BCUT2D eigenvalue weighted by atomic mass is 10.2. The molecule has 0 saturated carbocycles. The molecule has 0 spiro atoms. The summed E-state index contributed by atoms with van der Waals surface area (Å²) in [6.45, 7) is 0. The lowest BCUT2D eigenvalue weighted by Crippen LogP contribution is -2.14. The first kappa shape index (κ1) is 12.5. The summed E-state index contributed by atoms with van der Waals surface area (Å²) in [6.07, 6.45) is 0. The Labute approximate surface area is 127 Å². The zero-order valence-electron chi connectivity index (χ0n) is 11.2. The highest BCUT2D eigenvalue weighted by Crippen LogP contribution is 2.50. The molecule has 0 saturated heterocycles. The Morgan fingerprint density at radius 3 is 1.76 bits per heavy atom. The molecule has 3 aromatic rings. The molecule has 3 heteroatoms. The van der Waals surface area contributed by atoms with Gasteiger partial charge in [0.05, 0.1) is 11.4 Å². The predicted octanol–water partition coefficient (Wildman–Crippen LogP) is 5.76. The molecule has 0 N–H and O–H groups in total. The SMILES string of the molecule is Fc1ccc(N2c3ccccc3Sc3ccccc32)cc1. The third kappa shape index (κ3) is 2.10. The Balaban J connectivity index is 1.95. The minimum atomic E-state index is -0.216. The number of hydrogen-bond acceptors (Lipinski definition) is 2. The molecular formula is C18H12FNS. The molecule has 1 nitrogen and oxygen atoms in total. The van der Waals surface area contributed by atoms with Crippen LogP contribution >= 0.6 is 11.8 Å². The first-order chi connectivity index (χ1) is 10.3. The van der Waals surface area contributed by atoms with Gasteiger partial charge in [0.15, 0.2) is 0 Å². The summed E-state index contributed by atoms with van der Waals surface area (Å²) in [5, 5.41) is 0. The van der Waals surface area contributed by atoms with Crippen molar-refractivity contribution in [1.82, 2.24) is 0 Å². The second-order valence-corrected chi connectivity index (χ2v) is 5.93. The Bertz CT molecular complexity index is 753. The van der Waals surface area contributed by atoms with Gasteiger partial charge in [0.2, 0.25) is 0 Å². The molecule has 0 amide bonds. The molecule has 21 heavy (non-hydrogen) atoms. The monoisotopic (exact) mass is 293 g/mol. The number of anilines is 3. The Kier molecular flexibility index (Phi) is 2.93. The molecule has 0 fully saturated rings. The van der Waals surface area contributed by atoms with Crippen LogP contribution < -0.4 is 4.90 Å². The van der Waals surface area contributed by atoms with Crippen molar-refractivity contribution in [3.63, 3.8) is 0 Å². The smallest absolute Gasteiger partial charge is 0.123 e. The molecule has 0 atom stereocenters. The second kappa shape index (κ2) is 4.93. The van der Waals surface area contributed by atoms with Crippen molar-refractivity contribution in [2.24, 2.45) is 0 Å². The van der Waals surface area contributed by atoms with E-state index in [1.165, 1.54) is 21.9 Å². The highest BCUT2D eigenvalue weighted by molar-refractivity contribution is 7.99. The van der Waals surface area contributed by atoms with Crippen molar-refractivity contribution in [2.45, 2.75) is 9.79 Å². The van der Waals surface area contributed by atoms with Gasteiger partial charge in [-0.15, -0.1) is 0 Å². The Hall–Kier alpha value is -2.26. The van der Waals surface area contributed by atoms with Crippen LogP contribution in [0.5, 0.6) is 0 Å². The topological polar surface area (TPSA) is 3.24 Å². The van der Waals surface area contributed by atoms with E-state index in [-0.39, 0.29) is 5.82 Å². The molecule has 4 rings (SSSR count). The molecule has 0 aromatic heterocycles. The lowest BCUT2D eigenvalue weighted by molar-refractivity contribution is 0.628. The van der Waals surface area contributed by atoms with Crippen LogP contribution in [-0.2, 0) is 0 Å². The molecule has 3 aromatic carbocycles. The summed E-state index contributed by atoms with van der Waals surface area (Å²) in [5.74, 6) is -0.216. The molecule has 0 bridgehead atoms. The summed E-state index contributed by atoms with van der Waals surface area (Å²) in [7, 11) is 0. The highest BCUT2D eigenvalue weighted by atomic mass is 32.2. The van der Waals surface area contributed by atoms with Gasteiger partial charge in [0.1, 0.15) is 5.82 Å². The van der Waals surface area contributed by atoms with Gasteiger partial charge in [-0.1, -0.05) is 36.0 Å². The van der Waals surface area contributed by atoms with Crippen LogP contribution in [-0.4, -0.2) is 0 Å². The van der Waals surface area contributed by atoms with Crippen molar-refractivity contribution < 1.29 is 4.39 Å². The number of para-hydroxylation sites is 2. The van der Waals surface area contributed by atoms with Gasteiger partial charge in [-0.25, -0.2) is 4.39 Å². The van der Waals surface area contributed by atoms with Gasteiger partial charge in [-0.2, -0.15) is 0 Å². The molecule has 1 aliphatic heterocycles. The lowest BCUT2D eigenvalue weighted by Gasteiger charge is -2.32. The molecule has 1 aliphatic rings. The van der Waals surface area contributed by atoms with Crippen LogP contribution in [0.1, 0.15) is 0 Å². The van der Waals surface area contributed by atoms with E-state index in [0.717, 1.165) is 17.1 Å². The third-order valence-corrected chi connectivity index (χ3v) is 4.65. The molecule has 0 radical (unpaired) electrons. The van der Waals surface area contributed by atoms with Crippen LogP contribution in [0.2, 0.25) is 0 Å². The fourth-order valence-electron chi connectivity index (χ4n) is 2.57. The van der Waals surface area contributed by atoms with Crippen LogP contribution in [0.25, 0.3) is 0 Å². The first-order valence-corrected chi connectivity index (χ1v) is 7.56. The first-order valence-electron chi connectivity index (χ1n) is 6.74. The van der Waals surface area contributed by atoms with Crippen LogP contribution in [0, 0.1) is 5.82 Å². The van der Waals surface area contributed by atoms with E-state index in [0.29, 0.717) is 0 Å². The van der Waals surface area contributed by atoms with Gasteiger partial charge in [0.25, 0.3) is 0 Å². The summed E-state index contributed by atoms with van der Waals surface area (Å²) in [4.78, 5) is 4.60. The summed E-state index contributed by atoms with van der Waals surface area (Å²) < 4.78 is 13.2. The standard InChI is InChI=1S/C18H12FNS/c19-13-9-11-14(12-10-13)20-15-5-1-3-7-17(15)21-18-8-4-2-6-16(18)20/h1-12H. The average Bonchev–Trinajstić information content (AvgIpc) is 2.53. The van der Waals surface area contributed by atoms with Crippen LogP contribution in [0.15, 0.2) is 82.6 Å². The zero-order chi connectivity index (χ0) is 14.2. The summed E-state index contributed by atoms with van der Waals surface area (Å²) in [6, 6.07) is 23.2. The number of nitrogens with zero attached hydrogens (tertiary/aromatic N) is 1. The molecule has 1 heterocycles. The Morgan fingerprint density at radius 2 is 1.19 bits per heavy atom. The van der Waals surface area contributed by atoms with Gasteiger partial charge < -0.3 is 4.90 Å². The summed E-state index contributed by atoms with van der Waals surface area (Å²) in [5.41, 5.74) is 3.23. The van der Waals surface area contributed by atoms with E-state index < -0.39 is 0 Å². The fraction of sp³-hybridized carbons (Fsp3) is 0. The predicted molar refractivity (Wildman–Crippen MR) is 85.2 cm³/mol. The van der Waals surface area contributed by atoms with E-state index in [1.807, 2.05) is 36.4 Å². The molecular weight excluding hydrogens is 281 g/mol. The number of halogens is 1. The maximum atomic E-state index is 13.2. The van der Waals surface area contributed by atoms with Gasteiger partial charge >= 0.3 is 0 Å². The normalized spacial score (nSPS) is 12.7. The number of rotatable bonds is 1. The van der Waals surface area contributed by atoms with Gasteiger partial charge in [-0.05, 0) is 48.5 Å². The van der Waals surface area contributed by atoms with Crippen molar-refractivity contribution in [3.05, 3.63) is 78.6 Å². The Morgan fingerprint density at radius 1 is 0.667 bits per heavy atom. The molecule has 102 valence electrons. The molecule has 0 aliphatic carbocycles. The minimum absolute atomic E-state index is 0.216. The zero-order valence-corrected chi connectivity index (χ0v) is 12.0. The van der Waals surface area contributed by atoms with Crippen molar-refractivity contribution in [2.75, 3.05) is 4.90 Å². The maximum absolute atomic E-state index is 13.2. The van der Waals surface area contributed by atoms with Crippen LogP contribution in [0.3, 0.4) is 0 Å². The van der Waals surface area contributed by atoms with Gasteiger partial charge in [-0.3, -0.25) is 0 Å². The number of hydrogen-bond donors (Lipinski definition) is 0. The molecule has 0 unspecified atom stereocenters. The third-order valence-electron chi connectivity index (χ3n) is 3.52. The van der Waals surface area contributed by atoms with Crippen molar-refractivity contribution in [3.8, 4) is 0 Å². The highest BCUT2D eigenvalue weighted by Gasteiger charge is 2.23. The largest absolute Gasteiger partial charge is 0.308 e. The average molecular weight is 293 g/mol. The van der Waals surface area contributed by atoms with E-state index in [9.17, 15) is 4.39 Å². The van der Waals surface area contributed by atoms with Gasteiger partial charge in [0, 0.05) is 15.5 Å². The van der Waals surface area contributed by atoms with Crippen molar-refractivity contribution in [1.29, 1.82) is 0 Å². The number of benzene rings is 3. The quantitative estimate of drug-likeness (QED) is 0.439. The second-order valence-electron chi connectivity index (χ2n) is 4.85. The van der Waals surface area contributed by atoms with E-state index in [4.69, 9.17) is 0 Å². The van der Waals surface area contributed by atoms with E-state index >= 15 is 0 Å². The summed E-state index contributed by atoms with van der Waals surface area (Å²) >= 11 is 1.77. The van der Waals surface area contributed by atoms with E-state index in [2.05, 4.69) is 29.2 Å². The fourth-order valence-corrected chi connectivity index (χ4v) is 3.63. The van der Waals surface area contributed by atoms with Crippen molar-refractivity contribution >= 4 is 28.8 Å². The minimum Gasteiger partial charge on any atom is -0.308 e. The number of fused-ring (bicyclic) bond motifs is 2. The van der Waals surface area contributed by atoms with E-state index in [1.54, 1.807) is 11.8 Å².